The van der Waals surface area contributed by atoms with Crippen molar-refractivity contribution in [1.82, 2.24) is 10.6 Å². The number of quaternary nitrogens is 1. The predicted octanol–water partition coefficient (Wildman–Crippen LogP) is 5.73. The molecular formula is C29H45BN6O5S2. The van der Waals surface area contributed by atoms with E-state index in [9.17, 15) is 14.4 Å². The zero-order valence-corrected chi connectivity index (χ0v) is 27.1. The Kier molecular flexibility index (Phi) is 12.0. The number of hydrogen-bond acceptors (Lipinski definition) is 8. The summed E-state index contributed by atoms with van der Waals surface area (Å²) in [6, 6.07) is 5.80. The molecular weight excluding hydrogens is 587 g/mol. The summed E-state index contributed by atoms with van der Waals surface area (Å²) < 4.78 is 11.5. The molecule has 14 heteroatoms. The standard InChI is InChI=1S/C29H45BN6O5S2/c1-29(2,3)43-42-19-25(33-28(39)40-18-20-13-15-23(16-14-20)35-36-31)26(37)32-17-5-4-12-24-27(38)41-30(34-24)21-8-6-9-22(30)11-7-10-21/h13-16,21-22,24-25H,4-12,17-19,34H2,1-3H3,(H,32,37)(H,33,39)/t21?,22?,24-,25-,30?/m0/s1. The Balaban J connectivity index is 1.21. The van der Waals surface area contributed by atoms with E-state index in [0.717, 1.165) is 24.8 Å². The quantitative estimate of drug-likeness (QED) is 0.0626. The van der Waals surface area contributed by atoms with Crippen molar-refractivity contribution < 1.29 is 29.0 Å². The number of azide groups is 1. The first-order chi connectivity index (χ1) is 20.6. The molecule has 0 saturated carbocycles. The number of nitrogens with two attached hydrogens (primary N) is 1. The molecule has 3 aliphatic rings. The monoisotopic (exact) mass is 632 g/mol. The number of nitrogens with one attached hydrogen (secondary N) is 2. The molecule has 236 valence electrons. The van der Waals surface area contributed by atoms with Gasteiger partial charge in [-0.15, -0.1) is 0 Å². The van der Waals surface area contributed by atoms with Gasteiger partial charge < -0.3 is 25.3 Å². The summed E-state index contributed by atoms with van der Waals surface area (Å²) in [6.07, 6.45) is 8.84. The second-order valence-electron chi connectivity index (χ2n) is 13.0. The van der Waals surface area contributed by atoms with Gasteiger partial charge >= 0.3 is 18.5 Å². The molecule has 4 N–H and O–H groups in total. The van der Waals surface area contributed by atoms with Crippen LogP contribution in [0.3, 0.4) is 0 Å². The van der Waals surface area contributed by atoms with Crippen LogP contribution in [0.25, 0.3) is 10.4 Å². The number of rotatable bonds is 13. The Labute approximate surface area is 262 Å². The molecule has 1 spiro atoms. The molecule has 0 unspecified atom stereocenters. The van der Waals surface area contributed by atoms with Crippen molar-refractivity contribution in [2.45, 2.75) is 114 Å². The summed E-state index contributed by atoms with van der Waals surface area (Å²) in [5.74, 6) is 1.15. The predicted molar refractivity (Wildman–Crippen MR) is 172 cm³/mol. The number of carbonyl (C=O) groups is 3. The third-order valence-electron chi connectivity index (χ3n) is 8.79. The minimum Gasteiger partial charge on any atom is -0.634 e. The van der Waals surface area contributed by atoms with E-state index in [4.69, 9.17) is 14.9 Å². The third-order valence-corrected chi connectivity index (χ3v) is 12.1. The van der Waals surface area contributed by atoms with Crippen LogP contribution in [0.2, 0.25) is 11.6 Å². The van der Waals surface area contributed by atoms with Gasteiger partial charge in [0, 0.05) is 34.1 Å². The van der Waals surface area contributed by atoms with E-state index in [1.807, 2.05) is 0 Å². The molecule has 1 aromatic carbocycles. The zero-order chi connectivity index (χ0) is 30.9. The van der Waals surface area contributed by atoms with Gasteiger partial charge in [0.2, 0.25) is 5.91 Å². The Morgan fingerprint density at radius 3 is 2.47 bits per heavy atom. The van der Waals surface area contributed by atoms with Crippen molar-refractivity contribution in [1.29, 1.82) is 0 Å². The van der Waals surface area contributed by atoms with Crippen molar-refractivity contribution in [3.05, 3.63) is 40.3 Å². The number of nitrogens with zero attached hydrogens (tertiary/aromatic N) is 3. The molecule has 2 bridgehead atoms. The van der Waals surface area contributed by atoms with E-state index in [0.29, 0.717) is 29.6 Å². The Morgan fingerprint density at radius 2 is 1.84 bits per heavy atom. The number of hydrogen-bond donors (Lipinski definition) is 3. The minimum absolute atomic E-state index is 0.00248. The first-order valence-electron chi connectivity index (χ1n) is 15.5. The molecule has 0 aromatic heterocycles. The summed E-state index contributed by atoms with van der Waals surface area (Å²) in [4.78, 5) is 41.2. The van der Waals surface area contributed by atoms with Gasteiger partial charge in [0.15, 0.2) is 0 Å². The lowest BCUT2D eigenvalue weighted by atomic mass is 9.28. The first-order valence-corrected chi connectivity index (χ1v) is 17.8. The van der Waals surface area contributed by atoms with Crippen LogP contribution in [0.15, 0.2) is 29.4 Å². The zero-order valence-electron chi connectivity index (χ0n) is 25.5. The van der Waals surface area contributed by atoms with E-state index < -0.39 is 18.6 Å². The summed E-state index contributed by atoms with van der Waals surface area (Å²) in [7, 11) is 3.18. The fraction of sp³-hybridized carbons (Fsp3) is 0.690. The van der Waals surface area contributed by atoms with Gasteiger partial charge in [-0.05, 0) is 23.9 Å². The number of carbonyl (C=O) groups excluding carboxylic acids is 3. The summed E-state index contributed by atoms with van der Waals surface area (Å²) in [5, 5.41) is 11.5. The smallest absolute Gasteiger partial charge is 0.408 e. The molecule has 3 fully saturated rings. The highest BCUT2D eigenvalue weighted by Crippen LogP contribution is 2.51. The van der Waals surface area contributed by atoms with Gasteiger partial charge in [-0.25, -0.2) is 4.79 Å². The molecule has 4 rings (SSSR count). The van der Waals surface area contributed by atoms with Crippen molar-refractivity contribution >= 4 is 51.7 Å². The highest BCUT2D eigenvalue weighted by atomic mass is 33.1. The van der Waals surface area contributed by atoms with Crippen LogP contribution in [0.1, 0.15) is 84.1 Å². The maximum atomic E-state index is 13.1. The van der Waals surface area contributed by atoms with E-state index >= 15 is 0 Å². The molecule has 3 aliphatic heterocycles. The minimum atomic E-state index is -1.12. The number of unbranched alkanes of at least 4 members (excludes halogenated alkanes) is 1. The average molecular weight is 633 g/mol. The normalized spacial score (nSPS) is 25.4. The Bertz CT molecular complexity index is 1150. The van der Waals surface area contributed by atoms with E-state index in [-0.39, 0.29) is 29.3 Å². The maximum Gasteiger partial charge on any atom is 0.408 e. The second-order valence-corrected chi connectivity index (χ2v) is 16.2. The Hall–Kier alpha value is -2.54. The van der Waals surface area contributed by atoms with E-state index in [1.165, 1.54) is 49.3 Å². The average Bonchev–Trinajstić information content (AvgIpc) is 3.26. The summed E-state index contributed by atoms with van der Waals surface area (Å²) in [6.45, 7) is 5.64. The SMILES string of the molecule is CC(C)(C)SSC[C@H](NC(=O)OCc1ccc(N=[N+]=[N-])cc1)C(=O)NCCCC[C@@H]1[NH2+][B-]2(OC1=O)C1CCCC2CCC1. The number of benzene rings is 1. The number of amides is 2. The molecule has 2 atom stereocenters. The fourth-order valence-corrected chi connectivity index (χ4v) is 9.28. The van der Waals surface area contributed by atoms with Gasteiger partial charge in [0.25, 0.3) is 0 Å². The molecule has 1 aromatic rings. The van der Waals surface area contributed by atoms with Crippen LogP contribution >= 0.6 is 21.6 Å². The molecule has 11 nitrogen and oxygen atoms in total. The lowest BCUT2D eigenvalue weighted by Crippen LogP contribution is -3.03. The lowest BCUT2D eigenvalue weighted by Gasteiger charge is -2.50. The van der Waals surface area contributed by atoms with Crippen LogP contribution < -0.4 is 15.9 Å². The fourth-order valence-electron chi connectivity index (χ4n) is 6.82. The third kappa shape index (κ3) is 9.47. The number of alkyl carbamates (subject to hydrolysis) is 1. The van der Waals surface area contributed by atoms with Gasteiger partial charge in [0.1, 0.15) is 18.7 Å². The maximum absolute atomic E-state index is 13.1. The van der Waals surface area contributed by atoms with Crippen molar-refractivity contribution in [2.75, 3.05) is 12.3 Å². The lowest BCUT2D eigenvalue weighted by molar-refractivity contribution is -0.560. The van der Waals surface area contributed by atoms with Crippen LogP contribution in [-0.4, -0.2) is 53.6 Å². The van der Waals surface area contributed by atoms with Crippen molar-refractivity contribution in [3.63, 3.8) is 0 Å². The van der Waals surface area contributed by atoms with Crippen LogP contribution in [0, 0.1) is 0 Å². The van der Waals surface area contributed by atoms with Gasteiger partial charge in [-0.2, -0.15) is 0 Å². The van der Waals surface area contributed by atoms with Crippen LogP contribution in [0.5, 0.6) is 0 Å². The molecule has 2 amide bonds. The molecule has 43 heavy (non-hydrogen) atoms. The largest absolute Gasteiger partial charge is 0.634 e. The molecule has 3 saturated heterocycles. The van der Waals surface area contributed by atoms with Crippen LogP contribution in [0.4, 0.5) is 10.5 Å². The second kappa shape index (κ2) is 15.5. The van der Waals surface area contributed by atoms with Crippen molar-refractivity contribution in [2.24, 2.45) is 5.11 Å². The highest BCUT2D eigenvalue weighted by Gasteiger charge is 2.59. The molecule has 0 aliphatic carbocycles. The topological polar surface area (TPSA) is 159 Å². The van der Waals surface area contributed by atoms with Crippen molar-refractivity contribution in [3.8, 4) is 0 Å². The summed E-state index contributed by atoms with van der Waals surface area (Å²) >= 11 is 0. The molecule has 0 radical (unpaired) electrons. The van der Waals surface area contributed by atoms with E-state index in [2.05, 4.69) is 46.7 Å². The number of ether oxygens (including phenoxy) is 1. The Morgan fingerprint density at radius 1 is 1.16 bits per heavy atom. The first kappa shape index (κ1) is 33.4. The van der Waals surface area contributed by atoms with Crippen LogP contribution in [-0.2, 0) is 25.6 Å². The summed E-state index contributed by atoms with van der Waals surface area (Å²) in [5.41, 5.74) is 9.73. The van der Waals surface area contributed by atoms with Gasteiger partial charge in [-0.3, -0.25) is 9.59 Å². The van der Waals surface area contributed by atoms with Gasteiger partial charge in [-0.1, -0.05) is 122 Å². The molecule has 3 heterocycles. The highest BCUT2D eigenvalue weighted by molar-refractivity contribution is 8.77. The van der Waals surface area contributed by atoms with E-state index in [1.54, 1.807) is 35.1 Å². The van der Waals surface area contributed by atoms with Gasteiger partial charge in [0.05, 0.1) is 0 Å².